The van der Waals surface area contributed by atoms with Crippen molar-refractivity contribution < 1.29 is 19.1 Å². The Labute approximate surface area is 330 Å². The smallest absolute Gasteiger partial charge is 0.294 e. The van der Waals surface area contributed by atoms with Gasteiger partial charge in [0.15, 0.2) is 5.60 Å². The van der Waals surface area contributed by atoms with E-state index in [2.05, 4.69) is 82.9 Å². The fraction of sp³-hybridized carbons (Fsp3) is 0.468. The second-order valence-corrected chi connectivity index (χ2v) is 15.1. The summed E-state index contributed by atoms with van der Waals surface area (Å²) < 4.78 is 5.91. The first-order chi connectivity index (χ1) is 26.0. The zero-order chi connectivity index (χ0) is 39.8. The third-order valence-corrected chi connectivity index (χ3v) is 11.2. The van der Waals surface area contributed by atoms with E-state index in [0.29, 0.717) is 41.3 Å². The molecule has 0 saturated heterocycles. The number of fused-ring (bicyclic) bond motifs is 1. The molecular weight excluding hydrogens is 692 g/mol. The highest BCUT2D eigenvalue weighted by atomic mass is 35.5. The summed E-state index contributed by atoms with van der Waals surface area (Å²) in [5.41, 5.74) is 4.87. The van der Waals surface area contributed by atoms with Crippen molar-refractivity contribution in [1.82, 2.24) is 5.32 Å². The van der Waals surface area contributed by atoms with Gasteiger partial charge in [0.25, 0.3) is 6.47 Å². The number of anilines is 1. The molecule has 3 aliphatic rings. The van der Waals surface area contributed by atoms with Crippen molar-refractivity contribution in [2.45, 2.75) is 118 Å². The van der Waals surface area contributed by atoms with Crippen LogP contribution >= 0.6 is 11.6 Å². The van der Waals surface area contributed by atoms with Gasteiger partial charge in [-0.2, -0.15) is 0 Å². The minimum Gasteiger partial charge on any atom is -0.446 e. The summed E-state index contributed by atoms with van der Waals surface area (Å²) >= 11 is 6.62. The van der Waals surface area contributed by atoms with Crippen molar-refractivity contribution in [2.24, 2.45) is 23.7 Å². The van der Waals surface area contributed by atoms with E-state index >= 15 is 0 Å². The maximum Gasteiger partial charge on any atom is 0.294 e. The van der Waals surface area contributed by atoms with Crippen LogP contribution in [0, 0.1) is 23.7 Å². The van der Waals surface area contributed by atoms with Gasteiger partial charge in [-0.3, -0.25) is 14.4 Å². The number of ether oxygens (including phenoxy) is 1. The minimum atomic E-state index is -1.12. The molecule has 1 aliphatic heterocycles. The van der Waals surface area contributed by atoms with Crippen LogP contribution in [-0.2, 0) is 37.6 Å². The number of hydrogen-bond acceptors (Lipinski definition) is 4. The number of allylic oxidation sites excluding steroid dienone is 5. The lowest BCUT2D eigenvalue weighted by atomic mass is 9.73. The zero-order valence-corrected chi connectivity index (χ0v) is 34.6. The summed E-state index contributed by atoms with van der Waals surface area (Å²) in [5, 5.41) is 3.62. The van der Waals surface area contributed by atoms with E-state index in [9.17, 15) is 14.4 Å². The zero-order valence-electron chi connectivity index (χ0n) is 33.8. The van der Waals surface area contributed by atoms with Crippen molar-refractivity contribution in [2.75, 3.05) is 4.90 Å². The van der Waals surface area contributed by atoms with Gasteiger partial charge >= 0.3 is 0 Å². The van der Waals surface area contributed by atoms with Crippen LogP contribution in [0.5, 0.6) is 0 Å². The van der Waals surface area contributed by atoms with Crippen LogP contribution in [0.25, 0.3) is 0 Å². The number of aryl methyl sites for hydroxylation is 1. The Hall–Kier alpha value is -4.16. The Morgan fingerprint density at radius 1 is 1.09 bits per heavy atom. The maximum atomic E-state index is 12.0. The Bertz CT molecular complexity index is 1670. The van der Waals surface area contributed by atoms with Gasteiger partial charge in [0.2, 0.25) is 12.3 Å². The Balaban J connectivity index is 0.000000281. The normalized spacial score (nSPS) is 21.4. The molecule has 292 valence electrons. The van der Waals surface area contributed by atoms with E-state index < -0.39 is 5.60 Å². The van der Waals surface area contributed by atoms with Gasteiger partial charge in [0, 0.05) is 40.2 Å². The van der Waals surface area contributed by atoms with Crippen LogP contribution in [0.3, 0.4) is 0 Å². The number of carbonyl (C=O) groups excluding carboxylic acids is 3. The molecule has 1 saturated carbocycles. The van der Waals surface area contributed by atoms with E-state index in [-0.39, 0.29) is 18.0 Å². The van der Waals surface area contributed by atoms with Gasteiger partial charge < -0.3 is 15.0 Å². The largest absolute Gasteiger partial charge is 0.446 e. The van der Waals surface area contributed by atoms with Gasteiger partial charge in [-0.15, -0.1) is 0 Å². The number of rotatable bonds is 16. The van der Waals surface area contributed by atoms with E-state index in [1.807, 2.05) is 68.2 Å². The van der Waals surface area contributed by atoms with Crippen molar-refractivity contribution in [1.29, 1.82) is 0 Å². The molecule has 2 amide bonds. The molecule has 5 rings (SSSR count). The highest BCUT2D eigenvalue weighted by molar-refractivity contribution is 6.32. The predicted molar refractivity (Wildman–Crippen MR) is 225 cm³/mol. The van der Waals surface area contributed by atoms with E-state index in [4.69, 9.17) is 16.3 Å². The number of amides is 2. The molecular formula is C47H63ClN2O4. The van der Waals surface area contributed by atoms with E-state index in [0.717, 1.165) is 54.8 Å². The van der Waals surface area contributed by atoms with Crippen molar-refractivity contribution in [3.8, 4) is 0 Å². The average Bonchev–Trinajstić information content (AvgIpc) is 3.97. The molecule has 1 fully saturated rings. The number of nitrogens with one attached hydrogen (secondary N) is 1. The SMILES string of the molecule is C=C/C=C(\C(Cl)=C/C)C(OC=O)(C1=CC(C)C(C2CC2)C=C1)c1ccccc1.CC.CCC(C)CC(=O)NC(C)CCc1cccc2c1N(C=O)C(C)C2. The summed E-state index contributed by atoms with van der Waals surface area (Å²) in [4.78, 5) is 37.0. The first-order valence-electron chi connectivity index (χ1n) is 19.9. The van der Waals surface area contributed by atoms with Crippen LogP contribution in [0.15, 0.2) is 108 Å². The maximum absolute atomic E-state index is 12.0. The lowest BCUT2D eigenvalue weighted by Gasteiger charge is -2.38. The molecule has 0 bridgehead atoms. The second-order valence-electron chi connectivity index (χ2n) is 14.7. The number of benzene rings is 2. The summed E-state index contributed by atoms with van der Waals surface area (Å²) in [6.07, 6.45) is 19.7. The summed E-state index contributed by atoms with van der Waals surface area (Å²) in [7, 11) is 0. The molecule has 1 heterocycles. The summed E-state index contributed by atoms with van der Waals surface area (Å²) in [5.74, 6) is 2.23. The molecule has 0 aromatic heterocycles. The first-order valence-corrected chi connectivity index (χ1v) is 20.3. The molecule has 54 heavy (non-hydrogen) atoms. The van der Waals surface area contributed by atoms with Gasteiger partial charge in [0.05, 0.1) is 5.69 Å². The Morgan fingerprint density at radius 3 is 2.37 bits per heavy atom. The van der Waals surface area contributed by atoms with Gasteiger partial charge in [-0.1, -0.05) is 144 Å². The lowest BCUT2D eigenvalue weighted by molar-refractivity contribution is -0.137. The van der Waals surface area contributed by atoms with Crippen molar-refractivity contribution in [3.05, 3.63) is 124 Å². The van der Waals surface area contributed by atoms with Crippen LogP contribution in [0.4, 0.5) is 5.69 Å². The molecule has 1 N–H and O–H groups in total. The molecule has 2 aromatic rings. The quantitative estimate of drug-likeness (QED) is 0.137. The first kappa shape index (κ1) is 44.2. The van der Waals surface area contributed by atoms with Gasteiger partial charge in [0.1, 0.15) is 0 Å². The molecule has 6 unspecified atom stereocenters. The van der Waals surface area contributed by atoms with Crippen molar-refractivity contribution >= 4 is 36.1 Å². The van der Waals surface area contributed by atoms with Gasteiger partial charge in [-0.25, -0.2) is 0 Å². The molecule has 0 radical (unpaired) electrons. The van der Waals surface area contributed by atoms with Crippen molar-refractivity contribution in [3.63, 3.8) is 0 Å². The highest BCUT2D eigenvalue weighted by Crippen LogP contribution is 2.50. The van der Waals surface area contributed by atoms with Gasteiger partial charge in [-0.05, 0) is 87.7 Å². The fourth-order valence-electron chi connectivity index (χ4n) is 7.58. The average molecular weight is 755 g/mol. The van der Waals surface area contributed by atoms with Crippen LogP contribution in [0.1, 0.15) is 104 Å². The molecule has 6 atom stereocenters. The van der Waals surface area contributed by atoms with E-state index in [1.165, 1.54) is 24.0 Å². The number of nitrogens with zero attached hydrogens (tertiary/aromatic N) is 1. The second kappa shape index (κ2) is 21.7. The minimum absolute atomic E-state index is 0.137. The Morgan fingerprint density at radius 2 is 1.80 bits per heavy atom. The molecule has 2 aliphatic carbocycles. The monoisotopic (exact) mass is 754 g/mol. The van der Waals surface area contributed by atoms with Crippen LogP contribution < -0.4 is 10.2 Å². The molecule has 2 aromatic carbocycles. The fourth-order valence-corrected chi connectivity index (χ4v) is 7.77. The number of para-hydroxylation sites is 1. The molecule has 6 nitrogen and oxygen atoms in total. The highest BCUT2D eigenvalue weighted by Gasteiger charge is 2.45. The predicted octanol–water partition coefficient (Wildman–Crippen LogP) is 11.0. The molecule has 0 spiro atoms. The number of carbonyl (C=O) groups is 3. The van der Waals surface area contributed by atoms with Crippen LogP contribution in [-0.4, -0.2) is 30.9 Å². The van der Waals surface area contributed by atoms with E-state index in [1.54, 1.807) is 6.08 Å². The third-order valence-electron chi connectivity index (χ3n) is 10.8. The number of halogens is 1. The summed E-state index contributed by atoms with van der Waals surface area (Å²) in [6, 6.07) is 16.4. The lowest BCUT2D eigenvalue weighted by Crippen LogP contribution is -2.36. The number of hydrogen-bond donors (Lipinski definition) is 1. The standard InChI is InChI=1S/C25H27ClO2.C20H30N2O2.C2H6/c1-4-9-23(24(26)5-2)25(28-17-27,20-10-7-6-8-11-20)21-14-15-22(18(3)16-21)19-12-13-19;1-5-14(2)11-19(24)21-15(3)9-10-17-7-6-8-18-12-16(4)22(13-23)20(17)18;1-2/h4-11,14-19,22H,1,12-13H2,2-3H3;6-8,13-16H,5,9-12H2,1-4H3,(H,21,24);1-2H3/b23-9+,24-5+;;. The van der Waals surface area contributed by atoms with Crippen LogP contribution in [0.2, 0.25) is 0 Å². The Kier molecular flexibility index (Phi) is 17.7. The third kappa shape index (κ3) is 11.0. The topological polar surface area (TPSA) is 75.7 Å². The summed E-state index contributed by atoms with van der Waals surface area (Å²) in [6.45, 7) is 20.8. The molecule has 7 heteroatoms.